The molecule has 1 saturated heterocycles. The number of hydrogen-bond acceptors (Lipinski definition) is 5. The van der Waals surface area contributed by atoms with Gasteiger partial charge in [0, 0.05) is 25.6 Å². The van der Waals surface area contributed by atoms with Gasteiger partial charge in [-0.25, -0.2) is 0 Å². The highest BCUT2D eigenvalue weighted by molar-refractivity contribution is 5.96. The van der Waals surface area contributed by atoms with Gasteiger partial charge in [-0.15, -0.1) is 0 Å². The van der Waals surface area contributed by atoms with E-state index in [0.717, 1.165) is 0 Å². The maximum atomic E-state index is 12.2. The number of aromatic hydroxyl groups is 1. The van der Waals surface area contributed by atoms with Crippen molar-refractivity contribution in [2.24, 2.45) is 0 Å². The van der Waals surface area contributed by atoms with E-state index in [-0.39, 0.29) is 48.0 Å². The number of amides is 2. The molecule has 2 N–H and O–H groups in total. The Bertz CT molecular complexity index is 624. The first kappa shape index (κ1) is 18.8. The Hall–Kier alpha value is -2.57. The van der Waals surface area contributed by atoms with Crippen LogP contribution in [0.4, 0.5) is 0 Å². The number of carbonyl (C=O) groups is 3. The van der Waals surface area contributed by atoms with Crippen LogP contribution in [0.3, 0.4) is 0 Å². The third-order valence-electron chi connectivity index (χ3n) is 4.18. The summed E-state index contributed by atoms with van der Waals surface area (Å²) in [7, 11) is 0. The molecule has 1 aliphatic heterocycles. The molecule has 0 spiro atoms. The number of hydrogen-bond donors (Lipinski definition) is 2. The smallest absolute Gasteiger partial charge is 0.306 e. The van der Waals surface area contributed by atoms with Crippen LogP contribution in [0.25, 0.3) is 0 Å². The normalized spacial score (nSPS) is 14.8. The van der Waals surface area contributed by atoms with Crippen molar-refractivity contribution in [3.05, 3.63) is 29.8 Å². The molecule has 1 aliphatic rings. The van der Waals surface area contributed by atoms with Crippen LogP contribution in [0, 0.1) is 0 Å². The number of phenols is 1. The summed E-state index contributed by atoms with van der Waals surface area (Å²) in [6.45, 7) is 3.11. The van der Waals surface area contributed by atoms with Gasteiger partial charge in [0.15, 0.2) is 0 Å². The number of para-hydroxylation sites is 1. The first-order valence-electron chi connectivity index (χ1n) is 8.53. The van der Waals surface area contributed by atoms with Gasteiger partial charge in [0.1, 0.15) is 5.75 Å². The zero-order valence-electron chi connectivity index (χ0n) is 14.4. The van der Waals surface area contributed by atoms with E-state index in [2.05, 4.69) is 5.32 Å². The molecule has 0 unspecified atom stereocenters. The van der Waals surface area contributed by atoms with Crippen LogP contribution in [0.1, 0.15) is 43.0 Å². The number of carbonyl (C=O) groups excluding carboxylic acids is 3. The summed E-state index contributed by atoms with van der Waals surface area (Å²) in [5.41, 5.74) is 0.246. The highest BCUT2D eigenvalue weighted by Gasteiger charge is 2.25. The largest absolute Gasteiger partial charge is 0.507 e. The molecule has 2 rings (SSSR count). The predicted octanol–water partition coefficient (Wildman–Crippen LogP) is 1.46. The lowest BCUT2D eigenvalue weighted by Gasteiger charge is -2.32. The summed E-state index contributed by atoms with van der Waals surface area (Å²) < 4.78 is 4.81. The molecule has 0 atom stereocenters. The minimum absolute atomic E-state index is 0.0405. The van der Waals surface area contributed by atoms with Crippen LogP contribution in [0.2, 0.25) is 0 Å². The Balaban J connectivity index is 1.76. The van der Waals surface area contributed by atoms with E-state index in [1.165, 1.54) is 6.07 Å². The van der Waals surface area contributed by atoms with Gasteiger partial charge in [0.25, 0.3) is 5.91 Å². The van der Waals surface area contributed by atoms with Gasteiger partial charge in [-0.3, -0.25) is 14.4 Å². The van der Waals surface area contributed by atoms with Crippen LogP contribution in [0.15, 0.2) is 24.3 Å². The van der Waals surface area contributed by atoms with Gasteiger partial charge >= 0.3 is 5.97 Å². The summed E-state index contributed by atoms with van der Waals surface area (Å²) in [5, 5.41) is 12.6. The van der Waals surface area contributed by atoms with E-state index >= 15 is 0 Å². The standard InChI is InChI=1S/C18H24N2O5/c1-2-25-17(23)8-7-16(22)20-11-9-13(10-12-20)19-18(24)14-5-3-4-6-15(14)21/h3-6,13,21H,2,7-12H2,1H3,(H,19,24). The zero-order chi connectivity index (χ0) is 18.2. The van der Waals surface area contributed by atoms with Crippen molar-refractivity contribution in [2.45, 2.75) is 38.6 Å². The number of benzene rings is 1. The fourth-order valence-corrected chi connectivity index (χ4v) is 2.80. The SMILES string of the molecule is CCOC(=O)CCC(=O)N1CCC(NC(=O)c2ccccc2O)CC1. The molecule has 1 fully saturated rings. The average Bonchev–Trinajstić information content (AvgIpc) is 2.61. The maximum absolute atomic E-state index is 12.2. The van der Waals surface area contributed by atoms with Crippen molar-refractivity contribution in [3.8, 4) is 5.75 Å². The van der Waals surface area contributed by atoms with Gasteiger partial charge in [0.2, 0.25) is 5.91 Å². The van der Waals surface area contributed by atoms with E-state index in [4.69, 9.17) is 4.74 Å². The number of esters is 1. The molecule has 2 amide bonds. The molecule has 0 saturated carbocycles. The Labute approximate surface area is 147 Å². The van der Waals surface area contributed by atoms with Gasteiger partial charge < -0.3 is 20.1 Å². The van der Waals surface area contributed by atoms with E-state index < -0.39 is 0 Å². The molecule has 136 valence electrons. The quantitative estimate of drug-likeness (QED) is 0.759. The second-order valence-electron chi connectivity index (χ2n) is 5.95. The van der Waals surface area contributed by atoms with Crippen LogP contribution < -0.4 is 5.32 Å². The molecule has 0 radical (unpaired) electrons. The minimum Gasteiger partial charge on any atom is -0.507 e. The molecular formula is C18H24N2O5. The van der Waals surface area contributed by atoms with Crippen molar-refractivity contribution >= 4 is 17.8 Å². The number of rotatable bonds is 6. The van der Waals surface area contributed by atoms with Crippen LogP contribution >= 0.6 is 0 Å². The Morgan fingerprint density at radius 3 is 2.52 bits per heavy atom. The predicted molar refractivity (Wildman–Crippen MR) is 91.0 cm³/mol. The molecule has 0 bridgehead atoms. The fraction of sp³-hybridized carbons (Fsp3) is 0.500. The lowest BCUT2D eigenvalue weighted by Crippen LogP contribution is -2.46. The van der Waals surface area contributed by atoms with Crippen LogP contribution in [0.5, 0.6) is 5.75 Å². The summed E-state index contributed by atoms with van der Waals surface area (Å²) >= 11 is 0. The third-order valence-corrected chi connectivity index (χ3v) is 4.18. The van der Waals surface area contributed by atoms with Crippen molar-refractivity contribution < 1.29 is 24.2 Å². The van der Waals surface area contributed by atoms with Crippen molar-refractivity contribution in [1.29, 1.82) is 0 Å². The number of nitrogens with zero attached hydrogens (tertiary/aromatic N) is 1. The molecule has 1 aromatic carbocycles. The molecule has 1 heterocycles. The molecule has 0 aromatic heterocycles. The summed E-state index contributed by atoms with van der Waals surface area (Å²) in [5.74, 6) is -0.795. The zero-order valence-corrected chi connectivity index (χ0v) is 14.4. The molecule has 7 heteroatoms. The number of piperidine rings is 1. The second kappa shape index (κ2) is 9.05. The van der Waals surface area contributed by atoms with Gasteiger partial charge in [0.05, 0.1) is 18.6 Å². The first-order chi connectivity index (χ1) is 12.0. The average molecular weight is 348 g/mol. The Morgan fingerprint density at radius 2 is 1.88 bits per heavy atom. The molecule has 25 heavy (non-hydrogen) atoms. The van der Waals surface area contributed by atoms with Gasteiger partial charge in [-0.2, -0.15) is 0 Å². The van der Waals surface area contributed by atoms with Crippen LogP contribution in [-0.2, 0) is 14.3 Å². The summed E-state index contributed by atoms with van der Waals surface area (Å²) in [4.78, 5) is 37.3. The van der Waals surface area contributed by atoms with Crippen molar-refractivity contribution in [1.82, 2.24) is 10.2 Å². The third kappa shape index (κ3) is 5.48. The second-order valence-corrected chi connectivity index (χ2v) is 5.95. The lowest BCUT2D eigenvalue weighted by atomic mass is 10.0. The molecular weight excluding hydrogens is 324 g/mol. The van der Waals surface area contributed by atoms with E-state index in [0.29, 0.717) is 32.5 Å². The Morgan fingerprint density at radius 1 is 1.20 bits per heavy atom. The van der Waals surface area contributed by atoms with Gasteiger partial charge in [-0.05, 0) is 31.9 Å². The van der Waals surface area contributed by atoms with Crippen molar-refractivity contribution in [3.63, 3.8) is 0 Å². The van der Waals surface area contributed by atoms with Crippen LogP contribution in [-0.4, -0.2) is 53.5 Å². The monoisotopic (exact) mass is 348 g/mol. The van der Waals surface area contributed by atoms with Crippen molar-refractivity contribution in [2.75, 3.05) is 19.7 Å². The lowest BCUT2D eigenvalue weighted by molar-refractivity contribution is -0.145. The molecule has 0 aliphatic carbocycles. The Kier molecular flexibility index (Phi) is 6.80. The highest BCUT2D eigenvalue weighted by atomic mass is 16.5. The number of likely N-dealkylation sites (tertiary alicyclic amines) is 1. The maximum Gasteiger partial charge on any atom is 0.306 e. The minimum atomic E-state index is -0.360. The summed E-state index contributed by atoms with van der Waals surface area (Å²) in [6.07, 6.45) is 1.53. The van der Waals surface area contributed by atoms with E-state index in [1.54, 1.807) is 30.0 Å². The molecule has 1 aromatic rings. The molecule has 7 nitrogen and oxygen atoms in total. The topological polar surface area (TPSA) is 95.9 Å². The number of nitrogens with one attached hydrogen (secondary N) is 1. The van der Waals surface area contributed by atoms with Gasteiger partial charge in [-0.1, -0.05) is 12.1 Å². The number of ether oxygens (including phenoxy) is 1. The summed E-state index contributed by atoms with van der Waals surface area (Å²) in [6, 6.07) is 6.35. The van der Waals surface area contributed by atoms with E-state index in [1.807, 2.05) is 0 Å². The first-order valence-corrected chi connectivity index (χ1v) is 8.53. The fourth-order valence-electron chi connectivity index (χ4n) is 2.80. The number of phenolic OH excluding ortho intramolecular Hbond substituents is 1. The van der Waals surface area contributed by atoms with E-state index in [9.17, 15) is 19.5 Å². The highest BCUT2D eigenvalue weighted by Crippen LogP contribution is 2.17.